The zero-order valence-corrected chi connectivity index (χ0v) is 17.5. The zero-order valence-electron chi connectivity index (χ0n) is 16.6. The average molecular weight is 457 g/mol. The number of hydrogen-bond acceptors (Lipinski definition) is 6. The molecule has 2 atom stereocenters. The van der Waals surface area contributed by atoms with Crippen LogP contribution in [0, 0.1) is 11.3 Å². The second-order valence-corrected chi connectivity index (χ2v) is 10.1. The van der Waals surface area contributed by atoms with Gasteiger partial charge in [0.1, 0.15) is 11.2 Å². The smallest absolute Gasteiger partial charge is 0.417 e. The number of alkyl halides is 3. The van der Waals surface area contributed by atoms with Gasteiger partial charge in [0, 0.05) is 13.1 Å². The van der Waals surface area contributed by atoms with Crippen LogP contribution in [0.4, 0.5) is 13.2 Å². The molecule has 1 fully saturated rings. The quantitative estimate of drug-likeness (QED) is 0.716. The van der Waals surface area contributed by atoms with Crippen molar-refractivity contribution >= 4 is 10.0 Å². The molecule has 2 bridgehead atoms. The molecule has 1 aromatic carbocycles. The van der Waals surface area contributed by atoms with Crippen molar-refractivity contribution in [2.75, 3.05) is 19.3 Å². The zero-order chi connectivity index (χ0) is 23.1. The maximum absolute atomic E-state index is 13.4. The van der Waals surface area contributed by atoms with Crippen LogP contribution in [0.1, 0.15) is 36.1 Å². The minimum absolute atomic E-state index is 0.108. The number of aromatic hydroxyl groups is 2. The highest BCUT2D eigenvalue weighted by atomic mass is 32.2. The fourth-order valence-corrected chi connectivity index (χ4v) is 5.54. The summed E-state index contributed by atoms with van der Waals surface area (Å²) in [6, 6.07) is 4.27. The van der Waals surface area contributed by atoms with Crippen molar-refractivity contribution in [3.63, 3.8) is 0 Å². The summed E-state index contributed by atoms with van der Waals surface area (Å²) in [6.45, 7) is 2.79. The van der Waals surface area contributed by atoms with Crippen LogP contribution >= 0.6 is 0 Å². The van der Waals surface area contributed by atoms with Crippen LogP contribution in [0.15, 0.2) is 18.2 Å². The van der Waals surface area contributed by atoms with Gasteiger partial charge in [-0.2, -0.15) is 22.7 Å². The van der Waals surface area contributed by atoms with Crippen molar-refractivity contribution in [3.8, 4) is 23.5 Å². The summed E-state index contributed by atoms with van der Waals surface area (Å²) < 4.78 is 72.4. The van der Waals surface area contributed by atoms with E-state index in [9.17, 15) is 31.8 Å². The Morgan fingerprint density at radius 1 is 1.13 bits per heavy atom. The highest BCUT2D eigenvalue weighted by Gasteiger charge is 2.60. The number of hydrogen-bond donors (Lipinski definition) is 2. The summed E-state index contributed by atoms with van der Waals surface area (Å²) in [5.74, 6) is -1.13. The number of rotatable bonds is 2. The third-order valence-corrected chi connectivity index (χ3v) is 6.94. The molecule has 1 saturated heterocycles. The van der Waals surface area contributed by atoms with Crippen LogP contribution < -0.4 is 0 Å². The van der Waals surface area contributed by atoms with E-state index in [1.807, 2.05) is 0 Å². The van der Waals surface area contributed by atoms with Gasteiger partial charge in [-0.3, -0.25) is 4.57 Å². The summed E-state index contributed by atoms with van der Waals surface area (Å²) in [6.07, 6.45) is -3.79. The van der Waals surface area contributed by atoms with E-state index in [-0.39, 0.29) is 29.9 Å². The number of nitrogens with zero attached hydrogens (tertiary/aromatic N) is 3. The summed E-state index contributed by atoms with van der Waals surface area (Å²) in [4.78, 5) is 0. The van der Waals surface area contributed by atoms with Crippen LogP contribution in [0.2, 0.25) is 0 Å². The molecule has 0 spiro atoms. The van der Waals surface area contributed by atoms with Crippen LogP contribution in [-0.4, -0.2) is 46.8 Å². The Morgan fingerprint density at radius 2 is 1.65 bits per heavy atom. The summed E-state index contributed by atoms with van der Waals surface area (Å²) >= 11 is 0. The van der Waals surface area contributed by atoms with Crippen LogP contribution in [-0.2, 0) is 32.1 Å². The topological polar surface area (TPSA) is 116 Å². The van der Waals surface area contributed by atoms with Crippen LogP contribution in [0.3, 0.4) is 0 Å². The molecule has 0 amide bonds. The van der Waals surface area contributed by atoms with Gasteiger partial charge in [0.25, 0.3) is 0 Å². The van der Waals surface area contributed by atoms with Gasteiger partial charge < -0.3 is 14.9 Å². The molecule has 0 radical (unpaired) electrons. The molecule has 8 nitrogen and oxygen atoms in total. The predicted molar refractivity (Wildman–Crippen MR) is 101 cm³/mol. The van der Waals surface area contributed by atoms with Crippen LogP contribution in [0.25, 0.3) is 5.69 Å². The molecule has 3 heterocycles. The third kappa shape index (κ3) is 2.99. The molecule has 0 unspecified atom stereocenters. The van der Waals surface area contributed by atoms with E-state index in [1.54, 1.807) is 0 Å². The summed E-state index contributed by atoms with van der Waals surface area (Å²) in [5.41, 5.74) is -4.47. The van der Waals surface area contributed by atoms with E-state index in [0.717, 1.165) is 16.9 Å². The van der Waals surface area contributed by atoms with E-state index in [1.165, 1.54) is 30.3 Å². The van der Waals surface area contributed by atoms with Gasteiger partial charge in [-0.25, -0.2) is 8.42 Å². The Balaban J connectivity index is 1.94. The summed E-state index contributed by atoms with van der Waals surface area (Å²) in [7, 11) is -3.61. The SMILES string of the molecule is C[C@]12CN(S(C)(=O)=O)C[C@](C)(O1)c1c2c(O)n(-c2ccc(C#N)c(C(F)(F)F)c2)c1O. The van der Waals surface area contributed by atoms with Crippen molar-refractivity contribution in [1.82, 2.24) is 8.87 Å². The third-order valence-electron chi connectivity index (χ3n) is 5.74. The molecule has 2 aliphatic rings. The number of halogens is 3. The molecule has 0 aliphatic carbocycles. The normalized spacial score (nSPS) is 26.0. The number of morpholine rings is 1. The fraction of sp³-hybridized carbons (Fsp3) is 0.421. The minimum Gasteiger partial charge on any atom is -0.494 e. The molecule has 12 heteroatoms. The van der Waals surface area contributed by atoms with Gasteiger partial charge in [-0.15, -0.1) is 0 Å². The van der Waals surface area contributed by atoms with Gasteiger partial charge in [-0.1, -0.05) is 0 Å². The second kappa shape index (κ2) is 6.15. The van der Waals surface area contributed by atoms with E-state index in [4.69, 9.17) is 10.00 Å². The van der Waals surface area contributed by atoms with Crippen molar-refractivity contribution in [2.45, 2.75) is 31.2 Å². The lowest BCUT2D eigenvalue weighted by molar-refractivity contribution is -0.169. The monoisotopic (exact) mass is 457 g/mol. The number of ether oxygens (including phenoxy) is 1. The molecule has 2 aliphatic heterocycles. The van der Waals surface area contributed by atoms with Gasteiger partial charge in [0.05, 0.1) is 40.3 Å². The standard InChI is InChI=1S/C19H18F3N3O5S/c1-17-8-24(31(3,28)29)9-18(2,30-17)14-13(17)15(26)25(16(14)27)11-5-4-10(7-23)12(6-11)19(20,21)22/h4-6,26-27H,8-9H2,1-3H3/t17-,18+. The first-order valence-electron chi connectivity index (χ1n) is 9.07. The van der Waals surface area contributed by atoms with E-state index < -0.39 is 50.3 Å². The predicted octanol–water partition coefficient (Wildman–Crippen LogP) is 2.51. The molecule has 0 saturated carbocycles. The largest absolute Gasteiger partial charge is 0.494 e. The van der Waals surface area contributed by atoms with Crippen molar-refractivity contribution < 1.29 is 36.5 Å². The molecule has 2 N–H and O–H groups in total. The lowest BCUT2D eigenvalue weighted by atomic mass is 9.94. The second-order valence-electron chi connectivity index (χ2n) is 8.17. The Hall–Kier alpha value is -2.75. The molecule has 2 aromatic rings. The molecule has 1 aromatic heterocycles. The van der Waals surface area contributed by atoms with E-state index in [2.05, 4.69) is 0 Å². The lowest BCUT2D eigenvalue weighted by Crippen LogP contribution is -2.53. The first-order valence-corrected chi connectivity index (χ1v) is 10.9. The summed E-state index contributed by atoms with van der Waals surface area (Å²) in [5, 5.41) is 30.8. The number of sulfonamides is 1. The number of aromatic nitrogens is 1. The van der Waals surface area contributed by atoms with Gasteiger partial charge in [-0.05, 0) is 32.0 Å². The van der Waals surface area contributed by atoms with E-state index in [0.29, 0.717) is 6.07 Å². The number of benzene rings is 1. The highest BCUT2D eigenvalue weighted by Crippen LogP contribution is 2.59. The average Bonchev–Trinajstić information content (AvgIpc) is 2.99. The Labute approximate surface area is 175 Å². The van der Waals surface area contributed by atoms with Crippen molar-refractivity contribution in [2.24, 2.45) is 0 Å². The molecule has 31 heavy (non-hydrogen) atoms. The number of nitriles is 1. The Kier molecular flexibility index (Phi) is 4.26. The maximum atomic E-state index is 13.4. The van der Waals surface area contributed by atoms with E-state index >= 15 is 0 Å². The maximum Gasteiger partial charge on any atom is 0.417 e. The van der Waals surface area contributed by atoms with Crippen molar-refractivity contribution in [3.05, 3.63) is 40.5 Å². The molecule has 4 rings (SSSR count). The molecule has 166 valence electrons. The van der Waals surface area contributed by atoms with Gasteiger partial charge >= 0.3 is 6.18 Å². The highest BCUT2D eigenvalue weighted by molar-refractivity contribution is 7.88. The number of fused-ring (bicyclic) bond motifs is 5. The Morgan fingerprint density at radius 3 is 2.06 bits per heavy atom. The van der Waals surface area contributed by atoms with Gasteiger partial charge in [0.15, 0.2) is 0 Å². The molecular weight excluding hydrogens is 439 g/mol. The minimum atomic E-state index is -4.82. The lowest BCUT2D eigenvalue weighted by Gasteiger charge is -2.42. The molecular formula is C19H18F3N3O5S. The first-order chi connectivity index (χ1) is 14.1. The van der Waals surface area contributed by atoms with Gasteiger partial charge in [0.2, 0.25) is 21.8 Å². The first kappa shape index (κ1) is 21.5. The Bertz CT molecular complexity index is 1220. The van der Waals surface area contributed by atoms with Crippen LogP contribution in [0.5, 0.6) is 11.8 Å². The fourth-order valence-electron chi connectivity index (χ4n) is 4.58. The van der Waals surface area contributed by atoms with Crippen molar-refractivity contribution in [1.29, 1.82) is 5.26 Å².